The van der Waals surface area contributed by atoms with Crippen LogP contribution < -0.4 is 20.3 Å². The third kappa shape index (κ3) is 9.72. The van der Waals surface area contributed by atoms with Crippen molar-refractivity contribution in [2.75, 3.05) is 29.8 Å². The van der Waals surface area contributed by atoms with Crippen molar-refractivity contribution in [3.05, 3.63) is 37.4 Å². The molecule has 0 spiro atoms. The summed E-state index contributed by atoms with van der Waals surface area (Å²) in [4.78, 5) is 41.4. The third-order valence-electron chi connectivity index (χ3n) is 5.32. The van der Waals surface area contributed by atoms with Gasteiger partial charge in [-0.1, -0.05) is 23.4 Å². The predicted molar refractivity (Wildman–Crippen MR) is 164 cm³/mol. The first-order valence-corrected chi connectivity index (χ1v) is 16.3. The van der Waals surface area contributed by atoms with Crippen LogP contribution in [0.5, 0.6) is 0 Å². The van der Waals surface area contributed by atoms with Gasteiger partial charge >= 0.3 is 10.8 Å². The molecule has 41 heavy (non-hydrogen) atoms. The minimum absolute atomic E-state index is 0.0605. The Labute approximate surface area is 255 Å². The van der Waals surface area contributed by atoms with Gasteiger partial charge in [0.25, 0.3) is 0 Å². The molecule has 11 nitrogen and oxygen atoms in total. The highest BCUT2D eigenvalue weighted by Gasteiger charge is 2.15. The second-order valence-corrected chi connectivity index (χ2v) is 12.5. The fraction of sp³-hybridized carbons (Fsp3) is 0.520. The first kappa shape index (κ1) is 32.9. The summed E-state index contributed by atoms with van der Waals surface area (Å²) in [5, 5.41) is 7.28. The number of fused-ring (bicyclic) bond motifs is 1. The van der Waals surface area contributed by atoms with E-state index in [4.69, 9.17) is 11.6 Å². The number of nitrogens with zero attached hydrogens (tertiary/aromatic N) is 6. The summed E-state index contributed by atoms with van der Waals surface area (Å²) in [6.45, 7) is 9.54. The minimum atomic E-state index is -0.580. The van der Waals surface area contributed by atoms with Crippen molar-refractivity contribution in [3.8, 4) is 0 Å². The highest BCUT2D eigenvalue weighted by Crippen LogP contribution is 2.33. The average Bonchev–Trinajstić information content (AvgIpc) is 3.23. The van der Waals surface area contributed by atoms with E-state index in [9.17, 15) is 14.0 Å². The summed E-state index contributed by atoms with van der Waals surface area (Å²) < 4.78 is 22.3. The van der Waals surface area contributed by atoms with Crippen LogP contribution in [0.4, 0.5) is 22.0 Å². The van der Waals surface area contributed by atoms with Crippen LogP contribution in [-0.2, 0) is 22.6 Å². The molecule has 0 amide bonds. The molecule has 0 radical (unpaired) electrons. The molecule has 0 saturated heterocycles. The van der Waals surface area contributed by atoms with Crippen molar-refractivity contribution in [2.24, 2.45) is 4.99 Å². The van der Waals surface area contributed by atoms with Crippen LogP contribution in [0.1, 0.15) is 40.5 Å². The topological polar surface area (TPSA) is 128 Å². The maximum Gasteiger partial charge on any atom is 0.325 e. The largest absolute Gasteiger partial charge is 0.468 e. The zero-order valence-corrected chi connectivity index (χ0v) is 26.9. The Morgan fingerprint density at radius 3 is 2.29 bits per heavy atom. The zero-order chi connectivity index (χ0) is 30.1. The number of hydrogen-bond donors (Lipinski definition) is 2. The number of anilines is 2. The van der Waals surface area contributed by atoms with Crippen LogP contribution in [0.15, 0.2) is 32.0 Å². The Bertz CT molecular complexity index is 1450. The lowest BCUT2D eigenvalue weighted by Crippen LogP contribution is -2.31. The fourth-order valence-corrected chi connectivity index (χ4v) is 5.87. The lowest BCUT2D eigenvalue weighted by Gasteiger charge is -2.15. The van der Waals surface area contributed by atoms with Gasteiger partial charge in [0.1, 0.15) is 11.5 Å². The number of carbonyl (C=O) groups is 1. The molecule has 0 aliphatic carbocycles. The molecule has 0 atom stereocenters. The van der Waals surface area contributed by atoms with E-state index in [0.717, 1.165) is 47.2 Å². The summed E-state index contributed by atoms with van der Waals surface area (Å²) in [6.07, 6.45) is 3.85. The van der Waals surface area contributed by atoms with E-state index in [-0.39, 0.29) is 21.3 Å². The second kappa shape index (κ2) is 15.6. The number of rotatable bonds is 9. The number of aromatic nitrogens is 5. The smallest absolute Gasteiger partial charge is 0.325 e. The SMILES string of the molecule is COC(=O)CSc1cc(/N=c2\sc(=O)n3n2CCCC3)c(F)cc1Cl.CSc1nc(NC(C)C)nc(NC(C)C)n1. The molecule has 0 bridgehead atoms. The highest BCUT2D eigenvalue weighted by atomic mass is 35.5. The van der Waals surface area contributed by atoms with Crippen LogP contribution in [0, 0.1) is 5.82 Å². The lowest BCUT2D eigenvalue weighted by molar-refractivity contribution is -0.137. The average molecular weight is 645 g/mol. The zero-order valence-electron chi connectivity index (χ0n) is 23.7. The third-order valence-corrected chi connectivity index (χ3v) is 8.19. The van der Waals surface area contributed by atoms with Gasteiger partial charge in [0.15, 0.2) is 5.16 Å². The summed E-state index contributed by atoms with van der Waals surface area (Å²) in [6, 6.07) is 3.26. The molecular weight excluding hydrogens is 611 g/mol. The standard InChI is InChI=1S/C15H15ClFN3O3S2.C10H19N5S/c1-23-13(21)8-24-12-7-11(10(17)6-9(12)16)18-14-19-4-2-3-5-20(19)15(22)25-14;1-6(2)11-8-13-9(12-7(3)4)15-10(14-8)16-5/h6-7H,2-5,8H2,1H3;6-7H,1-5H3,(H2,11,12,13,14,15)/b18-14-;. The number of nitrogens with one attached hydrogen (secondary N) is 2. The van der Waals surface area contributed by atoms with Crippen molar-refractivity contribution in [3.63, 3.8) is 0 Å². The number of ether oxygens (including phenoxy) is 1. The number of thioether (sulfide) groups is 2. The van der Waals surface area contributed by atoms with Crippen molar-refractivity contribution < 1.29 is 13.9 Å². The molecule has 16 heteroatoms. The van der Waals surface area contributed by atoms with Gasteiger partial charge in [-0.05, 0) is 70.3 Å². The van der Waals surface area contributed by atoms with Crippen molar-refractivity contribution in [1.29, 1.82) is 0 Å². The van der Waals surface area contributed by atoms with Gasteiger partial charge in [0.2, 0.25) is 16.7 Å². The Hall–Kier alpha value is -2.62. The van der Waals surface area contributed by atoms with E-state index in [0.29, 0.717) is 46.8 Å². The Balaban J connectivity index is 0.000000250. The van der Waals surface area contributed by atoms with Crippen LogP contribution in [0.25, 0.3) is 0 Å². The maximum absolute atomic E-state index is 14.3. The Kier molecular flexibility index (Phi) is 12.5. The molecule has 0 fully saturated rings. The van der Waals surface area contributed by atoms with Crippen LogP contribution in [0.3, 0.4) is 0 Å². The normalized spacial score (nSPS) is 13.1. The summed E-state index contributed by atoms with van der Waals surface area (Å²) >= 11 is 9.68. The molecule has 2 aromatic heterocycles. The molecule has 3 heterocycles. The molecule has 1 aliphatic heterocycles. The van der Waals surface area contributed by atoms with E-state index in [1.807, 2.05) is 6.26 Å². The Morgan fingerprint density at radius 2 is 1.73 bits per heavy atom. The first-order valence-electron chi connectivity index (χ1n) is 12.9. The van der Waals surface area contributed by atoms with E-state index in [1.165, 1.54) is 24.9 Å². The minimum Gasteiger partial charge on any atom is -0.468 e. The summed E-state index contributed by atoms with van der Waals surface area (Å²) in [7, 11) is 1.30. The molecule has 3 aromatic rings. The monoisotopic (exact) mass is 644 g/mol. The molecular formula is C25H34ClFN8O3S3. The van der Waals surface area contributed by atoms with Crippen LogP contribution >= 0.6 is 46.5 Å². The molecule has 4 rings (SSSR count). The van der Waals surface area contributed by atoms with Gasteiger partial charge in [-0.3, -0.25) is 14.3 Å². The molecule has 224 valence electrons. The molecule has 0 unspecified atom stereocenters. The van der Waals surface area contributed by atoms with Crippen molar-refractivity contribution in [2.45, 2.75) is 75.8 Å². The molecule has 1 aromatic carbocycles. The first-order chi connectivity index (χ1) is 19.5. The lowest BCUT2D eigenvalue weighted by atomic mass is 10.3. The number of hydrogen-bond acceptors (Lipinski definition) is 12. The van der Waals surface area contributed by atoms with Crippen molar-refractivity contribution >= 4 is 70.0 Å². The molecule has 2 N–H and O–H groups in total. The number of esters is 1. The second-order valence-electron chi connectivity index (χ2n) is 9.38. The molecule has 0 saturated carbocycles. The predicted octanol–water partition coefficient (Wildman–Crippen LogP) is 5.03. The van der Waals surface area contributed by atoms with Gasteiger partial charge in [0, 0.05) is 30.1 Å². The number of methoxy groups -OCH3 is 1. The van der Waals surface area contributed by atoms with E-state index in [1.54, 1.807) is 9.36 Å². The van der Waals surface area contributed by atoms with Gasteiger partial charge in [-0.25, -0.2) is 14.1 Å². The van der Waals surface area contributed by atoms with Gasteiger partial charge < -0.3 is 15.4 Å². The van der Waals surface area contributed by atoms with Crippen LogP contribution in [-0.4, -0.2) is 61.5 Å². The molecule has 1 aliphatic rings. The summed E-state index contributed by atoms with van der Waals surface area (Å²) in [5.41, 5.74) is 0.0829. The van der Waals surface area contributed by atoms with Gasteiger partial charge in [-0.2, -0.15) is 15.0 Å². The quantitative estimate of drug-likeness (QED) is 0.242. The van der Waals surface area contributed by atoms with E-state index < -0.39 is 11.8 Å². The number of halogens is 2. The van der Waals surface area contributed by atoms with Crippen LogP contribution in [0.2, 0.25) is 5.02 Å². The fourth-order valence-electron chi connectivity index (χ4n) is 3.52. The summed E-state index contributed by atoms with van der Waals surface area (Å²) in [5.74, 6) is 0.322. The Morgan fingerprint density at radius 1 is 1.12 bits per heavy atom. The van der Waals surface area contributed by atoms with E-state index >= 15 is 0 Å². The van der Waals surface area contributed by atoms with Crippen molar-refractivity contribution in [1.82, 2.24) is 24.3 Å². The van der Waals surface area contributed by atoms with Gasteiger partial charge in [-0.15, -0.1) is 11.8 Å². The maximum atomic E-state index is 14.3. The van der Waals surface area contributed by atoms with Gasteiger partial charge in [0.05, 0.1) is 17.9 Å². The number of carbonyl (C=O) groups excluding carboxylic acids is 1. The number of benzene rings is 1. The highest BCUT2D eigenvalue weighted by molar-refractivity contribution is 8.00. The van der Waals surface area contributed by atoms with E-state index in [2.05, 4.69) is 63.0 Å².